The number of hydrogen-bond donors (Lipinski definition) is 0. The molecule has 0 saturated heterocycles. The van der Waals surface area contributed by atoms with Gasteiger partial charge in [0.15, 0.2) is 0 Å². The van der Waals surface area contributed by atoms with Crippen LogP contribution in [-0.4, -0.2) is 11.3 Å². The third-order valence-corrected chi connectivity index (χ3v) is 2.92. The first-order valence-corrected chi connectivity index (χ1v) is 6.19. The average molecular weight is 351 g/mol. The molecule has 0 aromatic heterocycles. The number of ether oxygens (including phenoxy) is 1. The fourth-order valence-corrected chi connectivity index (χ4v) is 1.94. The second kappa shape index (κ2) is 6.02. The summed E-state index contributed by atoms with van der Waals surface area (Å²) in [6.45, 7) is 0. The summed E-state index contributed by atoms with van der Waals surface area (Å²) in [5, 5.41) is 11.0. The molecule has 0 aliphatic rings. The van der Waals surface area contributed by atoms with Crippen molar-refractivity contribution in [3.05, 3.63) is 58.1 Å². The number of rotatable bonds is 3. The Balaban J connectivity index is 2.48. The number of benzene rings is 2. The Morgan fingerprint density at radius 3 is 1.96 bits per heavy atom. The maximum atomic E-state index is 12.8. The third-order valence-electron chi connectivity index (χ3n) is 2.92. The van der Waals surface area contributed by atoms with E-state index in [2.05, 4.69) is 4.74 Å². The number of halogens is 6. The summed E-state index contributed by atoms with van der Waals surface area (Å²) in [6, 6.07) is 5.53. The Bertz CT molecular complexity index is 753. The van der Waals surface area contributed by atoms with Gasteiger partial charge in [0, 0.05) is 6.07 Å². The van der Waals surface area contributed by atoms with Gasteiger partial charge in [0.25, 0.3) is 5.69 Å². The highest BCUT2D eigenvalue weighted by atomic mass is 19.4. The molecule has 0 amide bonds. The van der Waals surface area contributed by atoms with Crippen LogP contribution in [0.2, 0.25) is 0 Å². The number of alkyl halides is 6. The molecule has 2 rings (SSSR count). The second-order valence-corrected chi connectivity index (χ2v) is 4.56. The van der Waals surface area contributed by atoms with E-state index in [1.54, 1.807) is 0 Å². The van der Waals surface area contributed by atoms with Gasteiger partial charge >= 0.3 is 12.5 Å². The van der Waals surface area contributed by atoms with E-state index in [0.717, 1.165) is 24.3 Å². The van der Waals surface area contributed by atoms with Crippen LogP contribution in [0.4, 0.5) is 32.0 Å². The number of nitro benzene ring substituents is 1. The van der Waals surface area contributed by atoms with Gasteiger partial charge in [0.2, 0.25) is 0 Å². The largest absolute Gasteiger partial charge is 0.573 e. The molecule has 0 bridgehead atoms. The number of nitro groups is 1. The van der Waals surface area contributed by atoms with Crippen molar-refractivity contribution in [3.8, 4) is 16.9 Å². The lowest BCUT2D eigenvalue weighted by Gasteiger charge is -2.11. The average Bonchev–Trinajstić information content (AvgIpc) is 2.44. The van der Waals surface area contributed by atoms with E-state index in [0.29, 0.717) is 18.2 Å². The molecule has 0 saturated carbocycles. The van der Waals surface area contributed by atoms with Crippen LogP contribution < -0.4 is 4.74 Å². The summed E-state index contributed by atoms with van der Waals surface area (Å²) in [6.07, 6.45) is -9.65. The maximum Gasteiger partial charge on any atom is 0.573 e. The molecule has 0 spiro atoms. The van der Waals surface area contributed by atoms with E-state index in [1.807, 2.05) is 0 Å². The summed E-state index contributed by atoms with van der Waals surface area (Å²) < 4.78 is 78.1. The fraction of sp³-hybridized carbons (Fsp3) is 0.143. The van der Waals surface area contributed by atoms with Gasteiger partial charge in [0.05, 0.1) is 16.1 Å². The van der Waals surface area contributed by atoms with Crippen molar-refractivity contribution in [1.29, 1.82) is 0 Å². The summed E-state index contributed by atoms with van der Waals surface area (Å²) >= 11 is 0. The molecule has 0 heterocycles. The van der Waals surface area contributed by atoms with Crippen molar-refractivity contribution in [2.24, 2.45) is 0 Å². The highest BCUT2D eigenvalue weighted by molar-refractivity contribution is 5.74. The molecule has 24 heavy (non-hydrogen) atoms. The van der Waals surface area contributed by atoms with Crippen LogP contribution in [0.5, 0.6) is 5.75 Å². The van der Waals surface area contributed by atoms with Crippen molar-refractivity contribution in [1.82, 2.24) is 0 Å². The molecule has 0 fully saturated rings. The smallest absolute Gasteiger partial charge is 0.406 e. The van der Waals surface area contributed by atoms with Gasteiger partial charge in [-0.2, -0.15) is 13.2 Å². The molecule has 128 valence electrons. The Hall–Kier alpha value is -2.78. The first-order valence-electron chi connectivity index (χ1n) is 6.19. The highest BCUT2D eigenvalue weighted by Crippen LogP contribution is 2.37. The minimum absolute atomic E-state index is 0.0534. The second-order valence-electron chi connectivity index (χ2n) is 4.56. The van der Waals surface area contributed by atoms with E-state index in [4.69, 9.17) is 0 Å². The SMILES string of the molecule is O=[N+]([O-])c1ccc(C(F)(F)F)cc1-c1ccc(OC(F)(F)F)cc1. The molecule has 2 aromatic rings. The van der Waals surface area contributed by atoms with E-state index >= 15 is 0 Å². The van der Waals surface area contributed by atoms with Crippen molar-refractivity contribution < 1.29 is 36.0 Å². The van der Waals surface area contributed by atoms with Crippen LogP contribution in [0.25, 0.3) is 11.1 Å². The molecule has 10 heteroatoms. The van der Waals surface area contributed by atoms with E-state index < -0.39 is 34.5 Å². The molecule has 0 aliphatic heterocycles. The lowest BCUT2D eigenvalue weighted by Crippen LogP contribution is -2.16. The Kier molecular flexibility index (Phi) is 4.41. The zero-order chi connectivity index (χ0) is 18.1. The monoisotopic (exact) mass is 351 g/mol. The van der Waals surface area contributed by atoms with Crippen LogP contribution in [-0.2, 0) is 6.18 Å². The van der Waals surface area contributed by atoms with Crippen molar-refractivity contribution in [2.75, 3.05) is 0 Å². The minimum atomic E-state index is -4.93. The van der Waals surface area contributed by atoms with Crippen molar-refractivity contribution in [3.63, 3.8) is 0 Å². The molecule has 0 aliphatic carbocycles. The Morgan fingerprint density at radius 2 is 1.50 bits per heavy atom. The lowest BCUT2D eigenvalue weighted by atomic mass is 10.0. The summed E-state index contributed by atoms with van der Waals surface area (Å²) in [5.41, 5.74) is -2.14. The first-order chi connectivity index (χ1) is 11.0. The molecular weight excluding hydrogens is 344 g/mol. The predicted octanol–water partition coefficient (Wildman–Crippen LogP) is 5.18. The molecular formula is C14H7F6NO3. The molecule has 0 radical (unpaired) electrons. The standard InChI is InChI=1S/C14H7F6NO3/c15-13(16,17)9-3-6-12(21(22)23)11(7-9)8-1-4-10(5-2-8)24-14(18,19)20/h1-7H. The van der Waals surface area contributed by atoms with Crippen LogP contribution in [0, 0.1) is 10.1 Å². The van der Waals surface area contributed by atoms with Crippen LogP contribution in [0.1, 0.15) is 5.56 Å². The third kappa shape index (κ3) is 4.15. The van der Waals surface area contributed by atoms with Gasteiger partial charge in [-0.3, -0.25) is 10.1 Å². The van der Waals surface area contributed by atoms with Gasteiger partial charge in [-0.15, -0.1) is 13.2 Å². The van der Waals surface area contributed by atoms with Gasteiger partial charge < -0.3 is 4.74 Å². The van der Waals surface area contributed by atoms with Crippen molar-refractivity contribution >= 4 is 5.69 Å². The fourth-order valence-electron chi connectivity index (χ4n) is 1.94. The molecule has 0 N–H and O–H groups in total. The molecule has 0 unspecified atom stereocenters. The van der Waals surface area contributed by atoms with E-state index in [-0.39, 0.29) is 11.1 Å². The Morgan fingerprint density at radius 1 is 0.917 bits per heavy atom. The highest BCUT2D eigenvalue weighted by Gasteiger charge is 2.33. The van der Waals surface area contributed by atoms with Gasteiger partial charge in [-0.25, -0.2) is 0 Å². The topological polar surface area (TPSA) is 52.4 Å². The van der Waals surface area contributed by atoms with Crippen molar-refractivity contribution in [2.45, 2.75) is 12.5 Å². The normalized spacial score (nSPS) is 12.1. The lowest BCUT2D eigenvalue weighted by molar-refractivity contribution is -0.384. The quantitative estimate of drug-likeness (QED) is 0.435. The zero-order valence-corrected chi connectivity index (χ0v) is 11.5. The van der Waals surface area contributed by atoms with Crippen LogP contribution in [0.15, 0.2) is 42.5 Å². The minimum Gasteiger partial charge on any atom is -0.406 e. The van der Waals surface area contributed by atoms with E-state index in [1.165, 1.54) is 0 Å². The maximum absolute atomic E-state index is 12.8. The summed E-state index contributed by atoms with van der Waals surface area (Å²) in [5.74, 6) is -0.596. The van der Waals surface area contributed by atoms with Crippen LogP contribution in [0.3, 0.4) is 0 Å². The molecule has 4 nitrogen and oxygen atoms in total. The number of hydrogen-bond acceptors (Lipinski definition) is 3. The molecule has 2 aromatic carbocycles. The summed E-state index contributed by atoms with van der Waals surface area (Å²) in [7, 11) is 0. The predicted molar refractivity (Wildman–Crippen MR) is 70.2 cm³/mol. The zero-order valence-electron chi connectivity index (χ0n) is 11.5. The van der Waals surface area contributed by atoms with Crippen LogP contribution >= 0.6 is 0 Å². The van der Waals surface area contributed by atoms with Gasteiger partial charge in [-0.05, 0) is 29.8 Å². The summed E-state index contributed by atoms with van der Waals surface area (Å²) in [4.78, 5) is 10.1. The Labute approximate surface area is 130 Å². The molecule has 0 atom stereocenters. The van der Waals surface area contributed by atoms with E-state index in [9.17, 15) is 36.5 Å². The number of nitrogens with zero attached hydrogens (tertiary/aromatic N) is 1. The van der Waals surface area contributed by atoms with Gasteiger partial charge in [-0.1, -0.05) is 12.1 Å². The first kappa shape index (κ1) is 17.6. The van der Waals surface area contributed by atoms with Gasteiger partial charge in [0.1, 0.15) is 5.75 Å².